The molecule has 8 heteroatoms. The van der Waals surface area contributed by atoms with Crippen LogP contribution < -0.4 is 20.1 Å². The van der Waals surface area contributed by atoms with Crippen molar-refractivity contribution >= 4 is 41.5 Å². The molecule has 1 saturated carbocycles. The van der Waals surface area contributed by atoms with Gasteiger partial charge in [-0.1, -0.05) is 11.6 Å². The Morgan fingerprint density at radius 1 is 1.26 bits per heavy atom. The van der Waals surface area contributed by atoms with Gasteiger partial charge in [0, 0.05) is 12.6 Å². The van der Waals surface area contributed by atoms with Gasteiger partial charge in [-0.3, -0.25) is 0 Å². The molecule has 1 aliphatic carbocycles. The Bertz CT molecular complexity index is 608. The van der Waals surface area contributed by atoms with Gasteiger partial charge in [0.1, 0.15) is 0 Å². The van der Waals surface area contributed by atoms with Gasteiger partial charge in [0.2, 0.25) is 0 Å². The summed E-state index contributed by atoms with van der Waals surface area (Å²) >= 11 is 6.33. The molecular formula is C19H31ClIN3O3. The molecular weight excluding hydrogens is 481 g/mol. The Morgan fingerprint density at radius 2 is 1.96 bits per heavy atom. The van der Waals surface area contributed by atoms with E-state index < -0.39 is 0 Å². The first-order valence-electron chi connectivity index (χ1n) is 9.29. The molecule has 154 valence electrons. The largest absolute Gasteiger partial charge is 0.493 e. The lowest BCUT2D eigenvalue weighted by Gasteiger charge is -2.27. The van der Waals surface area contributed by atoms with E-state index in [0.717, 1.165) is 43.8 Å². The first-order valence-corrected chi connectivity index (χ1v) is 9.67. The molecule has 6 nitrogen and oxygen atoms in total. The summed E-state index contributed by atoms with van der Waals surface area (Å²) in [5, 5.41) is 16.9. The van der Waals surface area contributed by atoms with Gasteiger partial charge < -0.3 is 25.2 Å². The van der Waals surface area contributed by atoms with Crippen LogP contribution in [0.15, 0.2) is 17.1 Å². The van der Waals surface area contributed by atoms with Gasteiger partial charge in [0.25, 0.3) is 0 Å². The minimum Gasteiger partial charge on any atom is -0.493 e. The quantitative estimate of drug-likeness (QED) is 0.296. The molecule has 0 saturated heterocycles. The topological polar surface area (TPSA) is 75.1 Å². The number of nitrogens with one attached hydrogen (secondary N) is 2. The van der Waals surface area contributed by atoms with Gasteiger partial charge in [0.15, 0.2) is 17.5 Å². The number of aliphatic imine (C=N–C) groups is 1. The van der Waals surface area contributed by atoms with Crippen molar-refractivity contribution in [1.29, 1.82) is 0 Å². The summed E-state index contributed by atoms with van der Waals surface area (Å²) in [6.07, 6.45) is 3.42. The summed E-state index contributed by atoms with van der Waals surface area (Å²) in [7, 11) is 1.60. The summed E-state index contributed by atoms with van der Waals surface area (Å²) in [6.45, 7) is 5.74. The van der Waals surface area contributed by atoms with Crippen LogP contribution in [-0.4, -0.2) is 43.5 Å². The summed E-state index contributed by atoms with van der Waals surface area (Å²) < 4.78 is 10.9. The molecule has 1 aromatic rings. The van der Waals surface area contributed by atoms with Crippen molar-refractivity contribution in [2.45, 2.75) is 58.2 Å². The van der Waals surface area contributed by atoms with Gasteiger partial charge in [0.05, 0.1) is 31.4 Å². The van der Waals surface area contributed by atoms with Crippen LogP contribution in [0, 0.1) is 0 Å². The van der Waals surface area contributed by atoms with Gasteiger partial charge in [-0.2, -0.15) is 0 Å². The van der Waals surface area contributed by atoms with E-state index in [1.807, 2.05) is 26.0 Å². The molecule has 0 radical (unpaired) electrons. The number of benzene rings is 1. The normalized spacial score (nSPS) is 19.8. The maximum absolute atomic E-state index is 9.64. The zero-order valence-corrected chi connectivity index (χ0v) is 19.3. The molecule has 0 aromatic heterocycles. The highest BCUT2D eigenvalue weighted by Crippen LogP contribution is 2.36. The first-order chi connectivity index (χ1) is 12.6. The Kier molecular flexibility index (Phi) is 11.2. The fraction of sp³-hybridized carbons (Fsp3) is 0.632. The van der Waals surface area contributed by atoms with E-state index in [1.54, 1.807) is 7.11 Å². The van der Waals surface area contributed by atoms with E-state index in [-0.39, 0.29) is 30.1 Å². The van der Waals surface area contributed by atoms with Crippen LogP contribution in [-0.2, 0) is 6.54 Å². The first kappa shape index (κ1) is 24.1. The number of hydrogen-bond acceptors (Lipinski definition) is 4. The van der Waals surface area contributed by atoms with Crippen molar-refractivity contribution in [3.63, 3.8) is 0 Å². The summed E-state index contributed by atoms with van der Waals surface area (Å²) in [5.41, 5.74) is 0.951. The molecule has 1 aromatic carbocycles. The minimum atomic E-state index is -0.161. The highest BCUT2D eigenvalue weighted by molar-refractivity contribution is 14.0. The zero-order chi connectivity index (χ0) is 18.9. The van der Waals surface area contributed by atoms with Crippen LogP contribution in [0.5, 0.6) is 11.5 Å². The summed E-state index contributed by atoms with van der Waals surface area (Å²) in [5.74, 6) is 1.96. The Morgan fingerprint density at radius 3 is 2.56 bits per heavy atom. The van der Waals surface area contributed by atoms with Crippen molar-refractivity contribution in [2.75, 3.05) is 20.3 Å². The van der Waals surface area contributed by atoms with Crippen LogP contribution in [0.1, 0.15) is 45.1 Å². The molecule has 0 amide bonds. The van der Waals surface area contributed by atoms with Crippen molar-refractivity contribution in [3.05, 3.63) is 22.7 Å². The molecule has 0 atom stereocenters. The molecule has 27 heavy (non-hydrogen) atoms. The molecule has 1 aliphatic rings. The Balaban J connectivity index is 0.00000364. The molecule has 0 aliphatic heterocycles. The second kappa shape index (κ2) is 12.5. The second-order valence-corrected chi connectivity index (χ2v) is 6.79. The fourth-order valence-corrected chi connectivity index (χ4v) is 3.34. The van der Waals surface area contributed by atoms with Crippen molar-refractivity contribution in [2.24, 2.45) is 4.99 Å². The van der Waals surface area contributed by atoms with Crippen molar-refractivity contribution in [3.8, 4) is 11.5 Å². The van der Waals surface area contributed by atoms with Gasteiger partial charge >= 0.3 is 0 Å². The Labute approximate surface area is 184 Å². The van der Waals surface area contributed by atoms with E-state index in [4.69, 9.17) is 21.1 Å². The van der Waals surface area contributed by atoms with Crippen LogP contribution in [0.3, 0.4) is 0 Å². The van der Waals surface area contributed by atoms with E-state index in [0.29, 0.717) is 35.7 Å². The van der Waals surface area contributed by atoms with Gasteiger partial charge in [-0.15, -0.1) is 24.0 Å². The average Bonchev–Trinajstić information content (AvgIpc) is 2.63. The molecule has 3 N–H and O–H groups in total. The van der Waals surface area contributed by atoms with Crippen LogP contribution in [0.2, 0.25) is 5.02 Å². The van der Waals surface area contributed by atoms with Crippen molar-refractivity contribution < 1.29 is 14.6 Å². The van der Waals surface area contributed by atoms with E-state index in [2.05, 4.69) is 15.6 Å². The average molecular weight is 512 g/mol. The van der Waals surface area contributed by atoms with Crippen LogP contribution >= 0.6 is 35.6 Å². The number of rotatable bonds is 7. The standard InChI is InChI=1S/C19H30ClN3O3.HI/c1-4-21-19(23-14-6-8-15(24)9-7-14)22-12-13-10-16(20)18(26-5-2)17(11-13)25-3;/h10-11,14-15,24H,4-9,12H2,1-3H3,(H2,21,22,23);1H. The molecule has 0 heterocycles. The van der Waals surface area contributed by atoms with Crippen LogP contribution in [0.4, 0.5) is 0 Å². The van der Waals surface area contributed by atoms with E-state index in [9.17, 15) is 5.11 Å². The molecule has 2 rings (SSSR count). The van der Waals surface area contributed by atoms with Gasteiger partial charge in [-0.05, 0) is 57.2 Å². The number of nitrogens with zero attached hydrogens (tertiary/aromatic N) is 1. The van der Waals surface area contributed by atoms with Gasteiger partial charge in [-0.25, -0.2) is 4.99 Å². The molecule has 0 bridgehead atoms. The van der Waals surface area contributed by atoms with E-state index >= 15 is 0 Å². The number of aliphatic hydroxyl groups is 1. The number of methoxy groups -OCH3 is 1. The number of halogens is 2. The summed E-state index contributed by atoms with van der Waals surface area (Å²) in [4.78, 5) is 4.67. The lowest BCUT2D eigenvalue weighted by molar-refractivity contribution is 0.120. The molecule has 0 spiro atoms. The lowest BCUT2D eigenvalue weighted by atomic mass is 9.93. The maximum Gasteiger partial charge on any atom is 0.191 e. The maximum atomic E-state index is 9.64. The third-order valence-electron chi connectivity index (χ3n) is 4.38. The van der Waals surface area contributed by atoms with Crippen molar-refractivity contribution in [1.82, 2.24) is 10.6 Å². The number of hydrogen-bond donors (Lipinski definition) is 3. The second-order valence-electron chi connectivity index (χ2n) is 6.39. The lowest BCUT2D eigenvalue weighted by Crippen LogP contribution is -2.45. The number of guanidine groups is 1. The highest BCUT2D eigenvalue weighted by Gasteiger charge is 2.20. The highest BCUT2D eigenvalue weighted by atomic mass is 127. The molecule has 0 unspecified atom stereocenters. The number of aliphatic hydroxyl groups excluding tert-OH is 1. The fourth-order valence-electron chi connectivity index (χ4n) is 3.05. The summed E-state index contributed by atoms with van der Waals surface area (Å²) in [6, 6.07) is 4.11. The predicted octanol–water partition coefficient (Wildman–Crippen LogP) is 3.72. The monoisotopic (exact) mass is 511 g/mol. The predicted molar refractivity (Wildman–Crippen MR) is 121 cm³/mol. The third-order valence-corrected chi connectivity index (χ3v) is 4.66. The third kappa shape index (κ3) is 7.54. The zero-order valence-electron chi connectivity index (χ0n) is 16.3. The Hall–Kier alpha value is -0.930. The SMILES string of the molecule is CCNC(=NCc1cc(Cl)c(OCC)c(OC)c1)NC1CCC(O)CC1.I. The molecule has 1 fully saturated rings. The number of ether oxygens (including phenoxy) is 2. The van der Waals surface area contributed by atoms with Crippen LogP contribution in [0.25, 0.3) is 0 Å². The minimum absolute atomic E-state index is 0. The smallest absolute Gasteiger partial charge is 0.191 e. The van der Waals surface area contributed by atoms with E-state index in [1.165, 1.54) is 0 Å².